The van der Waals surface area contributed by atoms with E-state index in [0.717, 1.165) is 6.07 Å². The Hall–Kier alpha value is -1.66. The van der Waals surface area contributed by atoms with Crippen molar-refractivity contribution in [3.8, 4) is 11.5 Å². The molecule has 1 atom stereocenters. The molecule has 1 rings (SSSR count). The van der Waals surface area contributed by atoms with Crippen molar-refractivity contribution in [2.75, 3.05) is 0 Å². The van der Waals surface area contributed by atoms with Gasteiger partial charge in [-0.05, 0) is 19.1 Å². The fourth-order valence-corrected chi connectivity index (χ4v) is 1.44. The van der Waals surface area contributed by atoms with E-state index in [9.17, 15) is 31.2 Å². The van der Waals surface area contributed by atoms with E-state index in [1.54, 1.807) is 0 Å². The summed E-state index contributed by atoms with van der Waals surface area (Å²) < 4.78 is 77.1. The van der Waals surface area contributed by atoms with E-state index in [-0.39, 0.29) is 5.75 Å². The quantitative estimate of drug-likeness (QED) is 0.335. The molecule has 0 heterocycles. The molecule has 1 unspecified atom stereocenters. The van der Waals surface area contributed by atoms with E-state index >= 15 is 0 Å². The Balaban J connectivity index is 2.96. The molecular formula is C11H8BrF3O7S. The highest BCUT2D eigenvalue weighted by Gasteiger charge is 2.54. The number of esters is 2. The zero-order chi connectivity index (χ0) is 18.0. The predicted octanol–water partition coefficient (Wildman–Crippen LogP) is 1.90. The molecule has 0 bridgehead atoms. The normalized spacial score (nSPS) is 13.3. The first-order valence-corrected chi connectivity index (χ1v) is 7.94. The number of alkyl halides is 3. The number of benzene rings is 1. The minimum atomic E-state index is -6.07. The van der Waals surface area contributed by atoms with Crippen molar-refractivity contribution in [3.05, 3.63) is 24.0 Å². The lowest BCUT2D eigenvalue weighted by Crippen LogP contribution is -2.40. The number of halogens is 4. The second kappa shape index (κ2) is 6.84. The van der Waals surface area contributed by atoms with Crippen molar-refractivity contribution in [2.45, 2.75) is 17.0 Å². The van der Waals surface area contributed by atoms with Crippen molar-refractivity contribution < 1.29 is 45.2 Å². The van der Waals surface area contributed by atoms with Gasteiger partial charge in [-0.3, -0.25) is 9.35 Å². The molecule has 0 radical (unpaired) electrons. The zero-order valence-corrected chi connectivity index (χ0v) is 13.5. The van der Waals surface area contributed by atoms with Gasteiger partial charge < -0.3 is 9.47 Å². The molecule has 0 amide bonds. The van der Waals surface area contributed by atoms with Crippen LogP contribution in [0, 0.1) is 5.82 Å². The molecule has 0 saturated heterocycles. The smallest absolute Gasteiger partial charge is 0.426 e. The Morgan fingerprint density at radius 1 is 1.30 bits per heavy atom. The average molecular weight is 421 g/mol. The first-order valence-electron chi connectivity index (χ1n) is 5.58. The van der Waals surface area contributed by atoms with Gasteiger partial charge in [-0.15, -0.1) is 0 Å². The third-order valence-corrected chi connectivity index (χ3v) is 3.40. The number of carbonyl (C=O) groups excluding carboxylic acids is 2. The van der Waals surface area contributed by atoms with E-state index in [4.69, 9.17) is 4.55 Å². The van der Waals surface area contributed by atoms with Crippen molar-refractivity contribution in [1.29, 1.82) is 0 Å². The summed E-state index contributed by atoms with van der Waals surface area (Å²) in [5.74, 6) is -6.20. The highest BCUT2D eigenvalue weighted by Crippen LogP contribution is 2.27. The molecule has 1 aromatic rings. The van der Waals surface area contributed by atoms with Gasteiger partial charge in [0.05, 0.1) is 0 Å². The van der Waals surface area contributed by atoms with Crippen molar-refractivity contribution in [2.24, 2.45) is 0 Å². The Kier molecular flexibility index (Phi) is 5.77. The van der Waals surface area contributed by atoms with Crippen LogP contribution < -0.4 is 9.47 Å². The molecule has 0 aliphatic heterocycles. The van der Waals surface area contributed by atoms with Gasteiger partial charge in [-0.2, -0.15) is 17.2 Å². The Morgan fingerprint density at radius 2 is 1.87 bits per heavy atom. The van der Waals surface area contributed by atoms with Gasteiger partial charge >= 0.3 is 27.3 Å². The average Bonchev–Trinajstić information content (AvgIpc) is 2.40. The Bertz CT molecular complexity index is 733. The molecule has 0 aliphatic rings. The number of ether oxygens (including phenoxy) is 2. The maximum absolute atomic E-state index is 13.6. The molecule has 0 fully saturated rings. The second-order valence-corrected chi connectivity index (χ2v) is 6.85. The highest BCUT2D eigenvalue weighted by molar-refractivity contribution is 9.10. The molecule has 23 heavy (non-hydrogen) atoms. The van der Waals surface area contributed by atoms with Gasteiger partial charge in [-0.25, -0.2) is 9.18 Å². The van der Waals surface area contributed by atoms with Crippen molar-refractivity contribution in [1.82, 2.24) is 0 Å². The second-order valence-electron chi connectivity index (χ2n) is 4.01. The standard InChI is InChI=1S/C11H8BrF3O7S/c1-5(12)9(16)21-6-2-3-8(7(13)4-6)22-10(17)11(14,15)23(18,19)20/h2-5H,1H3,(H,18,19,20). The van der Waals surface area contributed by atoms with Crippen LogP contribution in [0.3, 0.4) is 0 Å². The molecule has 1 N–H and O–H groups in total. The highest BCUT2D eigenvalue weighted by atomic mass is 79.9. The van der Waals surface area contributed by atoms with Crippen LogP contribution in [0.4, 0.5) is 13.2 Å². The third kappa shape index (κ3) is 4.65. The fourth-order valence-electron chi connectivity index (χ4n) is 1.09. The summed E-state index contributed by atoms with van der Waals surface area (Å²) >= 11 is 2.90. The topological polar surface area (TPSA) is 107 Å². The van der Waals surface area contributed by atoms with Crippen molar-refractivity contribution >= 4 is 38.0 Å². The summed E-state index contributed by atoms with van der Waals surface area (Å²) in [5, 5.41) is -5.27. The number of hydrogen-bond acceptors (Lipinski definition) is 6. The van der Waals surface area contributed by atoms with Crippen LogP contribution in [-0.4, -0.2) is 35.0 Å². The minimum absolute atomic E-state index is 0.305. The summed E-state index contributed by atoms with van der Waals surface area (Å²) in [5.41, 5.74) is 0. The lowest BCUT2D eigenvalue weighted by Gasteiger charge is -2.12. The van der Waals surface area contributed by atoms with Crippen LogP contribution in [0.5, 0.6) is 11.5 Å². The Morgan fingerprint density at radius 3 is 2.30 bits per heavy atom. The SMILES string of the molecule is CC(Br)C(=O)Oc1ccc(OC(=O)C(F)(F)S(=O)(=O)O)c(F)c1. The first-order chi connectivity index (χ1) is 10.4. The molecule has 1 aromatic carbocycles. The van der Waals surface area contributed by atoms with Crippen molar-refractivity contribution in [3.63, 3.8) is 0 Å². The minimum Gasteiger partial charge on any atom is -0.426 e. The molecule has 0 saturated carbocycles. The van der Waals surface area contributed by atoms with Gasteiger partial charge in [0, 0.05) is 6.07 Å². The van der Waals surface area contributed by atoms with E-state index < -0.39 is 43.7 Å². The van der Waals surface area contributed by atoms with Crippen LogP contribution in [-0.2, 0) is 19.7 Å². The van der Waals surface area contributed by atoms with Crippen LogP contribution in [0.2, 0.25) is 0 Å². The van der Waals surface area contributed by atoms with E-state index in [1.807, 2.05) is 0 Å². The predicted molar refractivity (Wildman–Crippen MR) is 72.6 cm³/mol. The van der Waals surface area contributed by atoms with Gasteiger partial charge in [0.15, 0.2) is 11.6 Å². The van der Waals surface area contributed by atoms with E-state index in [2.05, 4.69) is 25.4 Å². The molecule has 7 nitrogen and oxygen atoms in total. The van der Waals surface area contributed by atoms with Crippen LogP contribution in [0.25, 0.3) is 0 Å². The molecule has 0 spiro atoms. The molecule has 128 valence electrons. The molecule has 12 heteroatoms. The lowest BCUT2D eigenvalue weighted by molar-refractivity contribution is -0.151. The summed E-state index contributed by atoms with van der Waals surface area (Å²) in [6.07, 6.45) is 0. The van der Waals surface area contributed by atoms with Gasteiger partial charge in [0.1, 0.15) is 10.6 Å². The van der Waals surface area contributed by atoms with Gasteiger partial charge in [-0.1, -0.05) is 15.9 Å². The Labute approximate surface area is 136 Å². The fraction of sp³-hybridized carbons (Fsp3) is 0.273. The summed E-state index contributed by atoms with van der Waals surface area (Å²) in [6, 6.07) is 2.14. The van der Waals surface area contributed by atoms with Gasteiger partial charge in [0.25, 0.3) is 0 Å². The van der Waals surface area contributed by atoms with Crippen LogP contribution in [0.1, 0.15) is 6.92 Å². The number of rotatable bonds is 5. The zero-order valence-electron chi connectivity index (χ0n) is 11.1. The lowest BCUT2D eigenvalue weighted by atomic mass is 10.3. The molecule has 0 aromatic heterocycles. The maximum atomic E-state index is 13.6. The maximum Gasteiger partial charge on any atom is 0.466 e. The third-order valence-electron chi connectivity index (χ3n) is 2.21. The van der Waals surface area contributed by atoms with Crippen LogP contribution >= 0.6 is 15.9 Å². The monoisotopic (exact) mass is 420 g/mol. The first kappa shape index (κ1) is 19.4. The molecular weight excluding hydrogens is 413 g/mol. The molecule has 0 aliphatic carbocycles. The summed E-state index contributed by atoms with van der Waals surface area (Å²) in [4.78, 5) is 21.6. The van der Waals surface area contributed by atoms with Crippen LogP contribution in [0.15, 0.2) is 18.2 Å². The summed E-state index contributed by atoms with van der Waals surface area (Å²) in [7, 11) is -6.07. The van der Waals surface area contributed by atoms with E-state index in [0.29, 0.717) is 12.1 Å². The van der Waals surface area contributed by atoms with Gasteiger partial charge in [0.2, 0.25) is 0 Å². The summed E-state index contributed by atoms with van der Waals surface area (Å²) in [6.45, 7) is 1.44. The number of carbonyl (C=O) groups is 2. The number of hydrogen-bond donors (Lipinski definition) is 1. The largest absolute Gasteiger partial charge is 0.466 e. The van der Waals surface area contributed by atoms with E-state index in [1.165, 1.54) is 6.92 Å².